The van der Waals surface area contributed by atoms with Crippen molar-refractivity contribution in [1.82, 2.24) is 5.32 Å². The molecule has 134 valence electrons. The molecule has 0 aliphatic rings. The van der Waals surface area contributed by atoms with Crippen LogP contribution in [-0.4, -0.2) is 39.2 Å². The minimum Gasteiger partial charge on any atom is -0.493 e. The van der Waals surface area contributed by atoms with Gasteiger partial charge in [-0.2, -0.15) is 0 Å². The van der Waals surface area contributed by atoms with Crippen LogP contribution in [0.25, 0.3) is 0 Å². The molecule has 0 bridgehead atoms. The molecule has 1 aromatic rings. The van der Waals surface area contributed by atoms with Crippen LogP contribution < -0.4 is 14.8 Å². The molecule has 1 rings (SSSR count). The van der Waals surface area contributed by atoms with E-state index in [0.717, 1.165) is 0 Å². The average Bonchev–Trinajstić information content (AvgIpc) is 2.53. The molecule has 1 aromatic carbocycles. The average molecular weight is 340 g/mol. The fourth-order valence-corrected chi connectivity index (χ4v) is 1.98. The number of rotatable bonds is 6. The monoisotopic (exact) mass is 340 g/mol. The van der Waals surface area contributed by atoms with Crippen molar-refractivity contribution in [3.8, 4) is 11.5 Å². The Morgan fingerprint density at radius 1 is 1.12 bits per heavy atom. The van der Waals surface area contributed by atoms with Gasteiger partial charge in [-0.3, -0.25) is 4.79 Å². The molecule has 0 spiro atoms. The summed E-state index contributed by atoms with van der Waals surface area (Å²) in [6, 6.07) is 1.61. The second-order valence-electron chi connectivity index (χ2n) is 6.30. The molecule has 0 saturated heterocycles. The van der Waals surface area contributed by atoms with Gasteiger partial charge in [-0.05, 0) is 11.6 Å². The number of hydrogen-bond donors (Lipinski definition) is 1. The first kappa shape index (κ1) is 19.7. The normalized spacial score (nSPS) is 12.3. The summed E-state index contributed by atoms with van der Waals surface area (Å²) in [5.74, 6) is -0.973. The highest BCUT2D eigenvalue weighted by Gasteiger charge is 2.29. The van der Waals surface area contributed by atoms with Gasteiger partial charge in [0.15, 0.2) is 11.5 Å². The minimum atomic E-state index is -1.01. The first-order valence-corrected chi connectivity index (χ1v) is 7.43. The number of halogens is 1. The smallest absolute Gasteiger partial charge is 0.328 e. The Morgan fingerprint density at radius 3 is 2.12 bits per heavy atom. The van der Waals surface area contributed by atoms with Crippen molar-refractivity contribution in [3.63, 3.8) is 0 Å². The van der Waals surface area contributed by atoms with Crippen molar-refractivity contribution >= 4 is 11.9 Å². The number of hydrogen-bond acceptors (Lipinski definition) is 5. The molecule has 0 heterocycles. The van der Waals surface area contributed by atoms with Gasteiger partial charge in [-0.25, -0.2) is 9.18 Å². The van der Waals surface area contributed by atoms with Gasteiger partial charge in [0.05, 0.1) is 21.3 Å². The zero-order valence-electron chi connectivity index (χ0n) is 14.9. The third-order valence-electron chi connectivity index (χ3n) is 3.45. The van der Waals surface area contributed by atoms with E-state index >= 15 is 0 Å². The maximum atomic E-state index is 14.3. The zero-order valence-corrected chi connectivity index (χ0v) is 14.9. The maximum Gasteiger partial charge on any atom is 0.328 e. The fraction of sp³-hybridized carbons (Fsp3) is 0.529. The van der Waals surface area contributed by atoms with Crippen LogP contribution in [-0.2, 0) is 20.7 Å². The summed E-state index contributed by atoms with van der Waals surface area (Å²) in [5.41, 5.74) is -0.486. The summed E-state index contributed by atoms with van der Waals surface area (Å²) in [5, 5.41) is 2.60. The second-order valence-corrected chi connectivity index (χ2v) is 6.30. The third kappa shape index (κ3) is 4.84. The van der Waals surface area contributed by atoms with E-state index in [2.05, 4.69) is 5.32 Å². The van der Waals surface area contributed by atoms with E-state index in [-0.39, 0.29) is 23.6 Å². The Bertz CT molecular complexity index is 610. The van der Waals surface area contributed by atoms with E-state index in [4.69, 9.17) is 14.2 Å². The third-order valence-corrected chi connectivity index (χ3v) is 3.45. The lowest BCUT2D eigenvalue weighted by atomic mass is 9.94. The number of carbonyl (C=O) groups is 2. The molecular weight excluding hydrogens is 316 g/mol. The predicted molar refractivity (Wildman–Crippen MR) is 86.6 cm³/mol. The van der Waals surface area contributed by atoms with Crippen LogP contribution in [0.1, 0.15) is 26.3 Å². The second kappa shape index (κ2) is 7.99. The molecule has 1 atom stereocenters. The van der Waals surface area contributed by atoms with Gasteiger partial charge >= 0.3 is 5.97 Å². The molecule has 0 unspecified atom stereocenters. The summed E-state index contributed by atoms with van der Waals surface area (Å²) in [6.07, 6.45) is -0.0688. The Morgan fingerprint density at radius 2 is 1.67 bits per heavy atom. The van der Waals surface area contributed by atoms with E-state index in [9.17, 15) is 14.0 Å². The van der Waals surface area contributed by atoms with Crippen LogP contribution >= 0.6 is 0 Å². The summed E-state index contributed by atoms with van der Waals surface area (Å²) in [7, 11) is 4.04. The van der Waals surface area contributed by atoms with E-state index < -0.39 is 23.2 Å². The van der Waals surface area contributed by atoms with Crippen molar-refractivity contribution in [3.05, 3.63) is 23.5 Å². The van der Waals surface area contributed by atoms with Crippen LogP contribution in [0, 0.1) is 11.2 Å². The Hall–Kier alpha value is -2.31. The lowest BCUT2D eigenvalue weighted by molar-refractivity contribution is -0.146. The summed E-state index contributed by atoms with van der Waals surface area (Å²) in [6.45, 7) is 5.15. The number of nitrogens with one attached hydrogen (secondary N) is 1. The molecule has 0 aromatic heterocycles. The van der Waals surface area contributed by atoms with Crippen molar-refractivity contribution in [2.45, 2.75) is 33.2 Å². The predicted octanol–water partition coefficient (Wildman–Crippen LogP) is 2.09. The first-order valence-electron chi connectivity index (χ1n) is 7.43. The molecule has 1 amide bonds. The summed E-state index contributed by atoms with van der Waals surface area (Å²) < 4.78 is 29.1. The number of carbonyl (C=O) groups excluding carboxylic acids is 2. The lowest BCUT2D eigenvalue weighted by Crippen LogP contribution is -2.47. The highest BCUT2D eigenvalue weighted by molar-refractivity contribution is 5.87. The highest BCUT2D eigenvalue weighted by Crippen LogP contribution is 2.30. The van der Waals surface area contributed by atoms with Crippen molar-refractivity contribution < 1.29 is 28.2 Å². The van der Waals surface area contributed by atoms with E-state index in [0.29, 0.717) is 5.75 Å². The number of methoxy groups -OCH3 is 3. The van der Waals surface area contributed by atoms with Crippen LogP contribution in [0.4, 0.5) is 4.39 Å². The van der Waals surface area contributed by atoms with Crippen molar-refractivity contribution in [1.29, 1.82) is 0 Å². The molecule has 1 N–H and O–H groups in total. The van der Waals surface area contributed by atoms with Crippen LogP contribution in [0.3, 0.4) is 0 Å². The van der Waals surface area contributed by atoms with E-state index in [1.807, 2.05) is 0 Å². The SMILES string of the molecule is COC(=O)[C@H](Cc1cc(OC)c(OC)cc1[18F])NC(=O)C(C)(C)C. The lowest BCUT2D eigenvalue weighted by Gasteiger charge is -2.23. The van der Waals surface area contributed by atoms with Gasteiger partial charge in [-0.15, -0.1) is 0 Å². The standard InChI is InChI=1S/C17H24FNO5/c1-17(2,3)16(21)19-12(15(20)24-6)7-10-8-13(22-4)14(23-5)9-11(10)18/h8-9,12H,7H2,1-6H3,(H,19,21)/t12-/m0/s1/i18-1. The van der Waals surface area contributed by atoms with Gasteiger partial charge in [0.2, 0.25) is 5.91 Å². The molecule has 7 heteroatoms. The van der Waals surface area contributed by atoms with Crippen molar-refractivity contribution in [2.75, 3.05) is 21.3 Å². The summed E-state index contributed by atoms with van der Waals surface area (Å²) in [4.78, 5) is 24.1. The quantitative estimate of drug-likeness (QED) is 0.803. The van der Waals surface area contributed by atoms with Gasteiger partial charge < -0.3 is 19.5 Å². The largest absolute Gasteiger partial charge is 0.493 e. The number of benzene rings is 1. The molecule has 6 nitrogen and oxygen atoms in total. The Kier molecular flexibility index (Phi) is 6.57. The molecule has 24 heavy (non-hydrogen) atoms. The first-order chi connectivity index (χ1) is 11.1. The molecule has 0 radical (unpaired) electrons. The van der Waals surface area contributed by atoms with Gasteiger partial charge in [0, 0.05) is 17.9 Å². The number of amides is 1. The van der Waals surface area contributed by atoms with Crippen LogP contribution in [0.2, 0.25) is 0 Å². The minimum absolute atomic E-state index is 0.0688. The Labute approximate surface area is 141 Å². The van der Waals surface area contributed by atoms with E-state index in [1.165, 1.54) is 33.5 Å². The van der Waals surface area contributed by atoms with Gasteiger partial charge in [0.25, 0.3) is 0 Å². The highest BCUT2D eigenvalue weighted by atomic mass is 18.2. The zero-order chi connectivity index (χ0) is 18.5. The maximum absolute atomic E-state index is 14.3. The number of ether oxygens (including phenoxy) is 3. The number of esters is 1. The van der Waals surface area contributed by atoms with Gasteiger partial charge in [-0.1, -0.05) is 20.8 Å². The van der Waals surface area contributed by atoms with Crippen LogP contribution in [0.15, 0.2) is 12.1 Å². The molecular formula is C17H24FNO5. The molecule has 0 fully saturated rings. The van der Waals surface area contributed by atoms with Crippen LogP contribution in [0.5, 0.6) is 11.5 Å². The Balaban J connectivity index is 3.11. The fourth-order valence-electron chi connectivity index (χ4n) is 1.98. The molecule has 0 aliphatic heterocycles. The molecule has 0 saturated carbocycles. The van der Waals surface area contributed by atoms with E-state index in [1.54, 1.807) is 20.8 Å². The topological polar surface area (TPSA) is 73.9 Å². The van der Waals surface area contributed by atoms with Gasteiger partial charge in [0.1, 0.15) is 11.9 Å². The van der Waals surface area contributed by atoms with Crippen molar-refractivity contribution in [2.24, 2.45) is 5.41 Å². The summed E-state index contributed by atoms with van der Waals surface area (Å²) >= 11 is 0. The molecule has 0 aliphatic carbocycles.